The van der Waals surface area contributed by atoms with Gasteiger partial charge in [0.1, 0.15) is 5.82 Å². The first-order chi connectivity index (χ1) is 13.5. The number of carbonyl (C=O) groups is 1. The molecule has 2 saturated heterocycles. The second kappa shape index (κ2) is 8.11. The number of piperidine rings is 1. The van der Waals surface area contributed by atoms with Gasteiger partial charge in [-0.2, -0.15) is 0 Å². The molecule has 1 aromatic rings. The van der Waals surface area contributed by atoms with E-state index in [0.717, 1.165) is 51.9 Å². The van der Waals surface area contributed by atoms with Crippen LogP contribution < -0.4 is 0 Å². The van der Waals surface area contributed by atoms with Gasteiger partial charge in [-0.05, 0) is 56.2 Å². The monoisotopic (exact) mass is 388 g/mol. The van der Waals surface area contributed by atoms with Crippen molar-refractivity contribution < 1.29 is 13.9 Å². The molecule has 3 aliphatic rings. The lowest BCUT2D eigenvalue weighted by molar-refractivity contribution is -0.152. The summed E-state index contributed by atoms with van der Waals surface area (Å²) in [4.78, 5) is 17.0. The number of hydrogen-bond donors (Lipinski definition) is 0. The van der Waals surface area contributed by atoms with Crippen molar-refractivity contribution in [2.75, 3.05) is 19.7 Å². The van der Waals surface area contributed by atoms with Gasteiger partial charge < -0.3 is 9.64 Å². The third-order valence-electron chi connectivity index (χ3n) is 6.71. The van der Waals surface area contributed by atoms with Gasteiger partial charge in [-0.3, -0.25) is 9.69 Å². The quantitative estimate of drug-likeness (QED) is 0.765. The van der Waals surface area contributed by atoms with Gasteiger partial charge in [0.15, 0.2) is 0 Å². The van der Waals surface area contributed by atoms with Crippen molar-refractivity contribution in [2.45, 2.75) is 76.6 Å². The molecule has 0 N–H and O–H groups in total. The Labute approximate surface area is 168 Å². The van der Waals surface area contributed by atoms with Gasteiger partial charge >= 0.3 is 0 Å². The summed E-state index contributed by atoms with van der Waals surface area (Å²) in [6.45, 7) is 7.26. The first-order valence-electron chi connectivity index (χ1n) is 10.9. The highest BCUT2D eigenvalue weighted by atomic mass is 19.1. The summed E-state index contributed by atoms with van der Waals surface area (Å²) in [5, 5.41) is 0. The first-order valence-corrected chi connectivity index (χ1v) is 10.9. The van der Waals surface area contributed by atoms with Crippen LogP contribution in [0.4, 0.5) is 4.39 Å². The number of benzene rings is 1. The minimum absolute atomic E-state index is 0.0649. The average Bonchev–Trinajstić information content (AvgIpc) is 3.53. The standard InChI is InChI=1S/C23H33FN2O2/c1-17(2)22(27)25-12-10-23(11-13-25)15-21(9-14-28-23)26(20-7-8-20)16-18-3-5-19(24)6-4-18/h3-6,17,20-21H,7-16H2,1-2H3. The zero-order chi connectivity index (χ0) is 19.7. The molecule has 1 aromatic carbocycles. The van der Waals surface area contributed by atoms with Crippen molar-refractivity contribution in [1.82, 2.24) is 9.80 Å². The van der Waals surface area contributed by atoms with E-state index in [1.54, 1.807) is 12.1 Å². The number of rotatable bonds is 5. The maximum absolute atomic E-state index is 13.3. The van der Waals surface area contributed by atoms with Gasteiger partial charge in [-0.15, -0.1) is 0 Å². The molecular weight excluding hydrogens is 355 g/mol. The van der Waals surface area contributed by atoms with Gasteiger partial charge in [0.05, 0.1) is 5.60 Å². The third-order valence-corrected chi connectivity index (χ3v) is 6.71. The molecule has 2 heterocycles. The van der Waals surface area contributed by atoms with E-state index in [-0.39, 0.29) is 23.2 Å². The molecule has 1 saturated carbocycles. The van der Waals surface area contributed by atoms with Crippen LogP contribution in [0.5, 0.6) is 0 Å². The van der Waals surface area contributed by atoms with Gasteiger partial charge in [-0.25, -0.2) is 4.39 Å². The second-order valence-corrected chi connectivity index (χ2v) is 9.19. The number of ether oxygens (including phenoxy) is 1. The Morgan fingerprint density at radius 3 is 2.46 bits per heavy atom. The van der Waals surface area contributed by atoms with Crippen LogP contribution in [0.2, 0.25) is 0 Å². The fourth-order valence-corrected chi connectivity index (χ4v) is 4.90. The number of hydrogen-bond acceptors (Lipinski definition) is 3. The summed E-state index contributed by atoms with van der Waals surface area (Å²) >= 11 is 0. The molecule has 1 aliphatic carbocycles. The van der Waals surface area contributed by atoms with E-state index in [1.807, 2.05) is 30.9 Å². The predicted octanol–water partition coefficient (Wildman–Crippen LogP) is 3.99. The van der Waals surface area contributed by atoms with Crippen LogP contribution in [0, 0.1) is 11.7 Å². The topological polar surface area (TPSA) is 32.8 Å². The zero-order valence-electron chi connectivity index (χ0n) is 17.2. The molecule has 1 amide bonds. The highest BCUT2D eigenvalue weighted by Crippen LogP contribution is 2.40. The summed E-state index contributed by atoms with van der Waals surface area (Å²) in [5.74, 6) is 0.155. The van der Waals surface area contributed by atoms with E-state index in [9.17, 15) is 9.18 Å². The predicted molar refractivity (Wildman–Crippen MR) is 107 cm³/mol. The summed E-state index contributed by atoms with van der Waals surface area (Å²) in [7, 11) is 0. The summed E-state index contributed by atoms with van der Waals surface area (Å²) < 4.78 is 19.6. The molecule has 1 unspecified atom stereocenters. The molecule has 0 bridgehead atoms. The molecule has 0 aromatic heterocycles. The first kappa shape index (κ1) is 19.8. The molecule has 4 rings (SSSR count). The van der Waals surface area contributed by atoms with E-state index >= 15 is 0 Å². The highest BCUT2D eigenvalue weighted by molar-refractivity contribution is 5.78. The van der Waals surface area contributed by atoms with Crippen molar-refractivity contribution in [3.8, 4) is 0 Å². The molecule has 1 spiro atoms. The molecule has 5 heteroatoms. The Kier molecular flexibility index (Phi) is 5.75. The third kappa shape index (κ3) is 4.41. The molecular formula is C23H33FN2O2. The van der Waals surface area contributed by atoms with Gasteiger partial charge in [0, 0.05) is 44.2 Å². The molecule has 2 aliphatic heterocycles. The minimum atomic E-state index is -0.172. The minimum Gasteiger partial charge on any atom is -0.375 e. The fraction of sp³-hybridized carbons (Fsp3) is 0.696. The number of carbonyl (C=O) groups excluding carboxylic acids is 1. The highest BCUT2D eigenvalue weighted by Gasteiger charge is 2.45. The van der Waals surface area contributed by atoms with Crippen LogP contribution in [-0.4, -0.2) is 53.1 Å². The maximum atomic E-state index is 13.3. The van der Waals surface area contributed by atoms with Crippen molar-refractivity contribution in [1.29, 1.82) is 0 Å². The molecule has 0 radical (unpaired) electrons. The van der Waals surface area contributed by atoms with E-state index in [4.69, 9.17) is 4.74 Å². The van der Waals surface area contributed by atoms with Gasteiger partial charge in [0.2, 0.25) is 5.91 Å². The molecule has 1 atom stereocenters. The van der Waals surface area contributed by atoms with Crippen molar-refractivity contribution in [2.24, 2.45) is 5.92 Å². The Hall–Kier alpha value is -1.46. The van der Waals surface area contributed by atoms with Crippen molar-refractivity contribution >= 4 is 5.91 Å². The second-order valence-electron chi connectivity index (χ2n) is 9.19. The van der Waals surface area contributed by atoms with Crippen LogP contribution in [0.15, 0.2) is 24.3 Å². The summed E-state index contributed by atoms with van der Waals surface area (Å²) in [5.41, 5.74) is 1.11. The molecule has 28 heavy (non-hydrogen) atoms. The largest absolute Gasteiger partial charge is 0.375 e. The van der Waals surface area contributed by atoms with Crippen LogP contribution in [0.1, 0.15) is 57.9 Å². The lowest BCUT2D eigenvalue weighted by atomic mass is 9.81. The van der Waals surface area contributed by atoms with E-state index in [2.05, 4.69) is 4.90 Å². The summed E-state index contributed by atoms with van der Waals surface area (Å²) in [6.07, 6.45) is 6.53. The fourth-order valence-electron chi connectivity index (χ4n) is 4.90. The van der Waals surface area contributed by atoms with Crippen LogP contribution >= 0.6 is 0 Å². The van der Waals surface area contributed by atoms with Gasteiger partial charge in [-0.1, -0.05) is 26.0 Å². The van der Waals surface area contributed by atoms with Crippen LogP contribution in [0.25, 0.3) is 0 Å². The Morgan fingerprint density at radius 2 is 1.86 bits per heavy atom. The van der Waals surface area contributed by atoms with E-state index < -0.39 is 0 Å². The smallest absolute Gasteiger partial charge is 0.225 e. The van der Waals surface area contributed by atoms with E-state index in [1.165, 1.54) is 18.4 Å². The normalized spacial score (nSPS) is 24.9. The molecule has 154 valence electrons. The molecule has 3 fully saturated rings. The number of nitrogens with zero attached hydrogens (tertiary/aromatic N) is 2. The number of amides is 1. The molecule has 4 nitrogen and oxygen atoms in total. The lowest BCUT2D eigenvalue weighted by Crippen LogP contribution is -2.55. The zero-order valence-corrected chi connectivity index (χ0v) is 17.2. The number of likely N-dealkylation sites (tertiary alicyclic amines) is 1. The van der Waals surface area contributed by atoms with Crippen LogP contribution in [-0.2, 0) is 16.1 Å². The summed E-state index contributed by atoms with van der Waals surface area (Å²) in [6, 6.07) is 8.12. The SMILES string of the molecule is CC(C)C(=O)N1CCC2(CC1)CC(N(Cc1ccc(F)cc1)C1CC1)CCO2. The Balaban J connectivity index is 1.41. The van der Waals surface area contributed by atoms with Gasteiger partial charge in [0.25, 0.3) is 0 Å². The van der Waals surface area contributed by atoms with Crippen LogP contribution in [0.3, 0.4) is 0 Å². The number of halogens is 1. The maximum Gasteiger partial charge on any atom is 0.225 e. The van der Waals surface area contributed by atoms with E-state index in [0.29, 0.717) is 12.1 Å². The Morgan fingerprint density at radius 1 is 1.18 bits per heavy atom. The lowest BCUT2D eigenvalue weighted by Gasteiger charge is -2.48. The van der Waals surface area contributed by atoms with Crippen molar-refractivity contribution in [3.05, 3.63) is 35.6 Å². The van der Waals surface area contributed by atoms with Crippen molar-refractivity contribution in [3.63, 3.8) is 0 Å². The average molecular weight is 389 g/mol. The Bertz CT molecular complexity index is 678.